The van der Waals surface area contributed by atoms with E-state index in [2.05, 4.69) is 10.6 Å². The molecule has 0 aromatic heterocycles. The molecule has 0 spiro atoms. The monoisotopic (exact) mass is 250 g/mol. The first kappa shape index (κ1) is 12.4. The van der Waals surface area contributed by atoms with Crippen LogP contribution >= 0.6 is 0 Å². The number of carbonyl (C=O) groups excluding carboxylic acids is 1. The number of benzene rings is 1. The summed E-state index contributed by atoms with van der Waals surface area (Å²) in [5.74, 6) is -0.670. The molecule has 0 radical (unpaired) electrons. The van der Waals surface area contributed by atoms with Gasteiger partial charge in [-0.2, -0.15) is 0 Å². The second kappa shape index (κ2) is 4.66. The molecule has 2 atom stereocenters. The number of hydrogen-bond acceptors (Lipinski definition) is 4. The number of fused-ring (bicyclic) bond motifs is 1. The van der Waals surface area contributed by atoms with E-state index < -0.39 is 18.1 Å². The Hall–Kier alpha value is -2.08. The summed E-state index contributed by atoms with van der Waals surface area (Å²) in [5, 5.41) is 14.4. The number of likely N-dealkylation sites (N-methyl/N-ethyl adjacent to an activating group) is 1. The van der Waals surface area contributed by atoms with Gasteiger partial charge in [0.2, 0.25) is 0 Å². The number of nitrogens with one attached hydrogen (secondary N) is 2. The Morgan fingerprint density at radius 1 is 1.56 bits per heavy atom. The van der Waals surface area contributed by atoms with Crippen LogP contribution in [-0.4, -0.2) is 30.1 Å². The smallest absolute Gasteiger partial charge is 0.325 e. The second-order valence-electron chi connectivity index (χ2n) is 4.06. The van der Waals surface area contributed by atoms with Crippen LogP contribution in [0.5, 0.6) is 5.75 Å². The Morgan fingerprint density at radius 2 is 2.28 bits per heavy atom. The van der Waals surface area contributed by atoms with Crippen LogP contribution in [0.4, 0.5) is 5.69 Å². The van der Waals surface area contributed by atoms with Gasteiger partial charge in [0.05, 0.1) is 5.69 Å². The van der Waals surface area contributed by atoms with Gasteiger partial charge in [-0.15, -0.1) is 0 Å². The highest BCUT2D eigenvalue weighted by Gasteiger charge is 2.25. The third kappa shape index (κ3) is 2.14. The maximum Gasteiger partial charge on any atom is 0.325 e. The van der Waals surface area contributed by atoms with E-state index in [1.54, 1.807) is 32.2 Å². The maximum absolute atomic E-state index is 11.5. The van der Waals surface area contributed by atoms with E-state index in [0.717, 1.165) is 0 Å². The molecule has 0 saturated carbocycles. The Kier molecular flexibility index (Phi) is 3.20. The molecule has 18 heavy (non-hydrogen) atoms. The van der Waals surface area contributed by atoms with Crippen molar-refractivity contribution in [2.75, 3.05) is 12.4 Å². The van der Waals surface area contributed by atoms with E-state index in [4.69, 9.17) is 9.84 Å². The number of ether oxygens (including phenoxy) is 1. The van der Waals surface area contributed by atoms with Crippen molar-refractivity contribution in [1.29, 1.82) is 0 Å². The standard InChI is InChI=1S/C12H14N2O4/c1-6-11(15)14-8-5-7(3-4-9(8)18-6)10(13-2)12(16)17/h3-6,10,13H,1-2H3,(H,14,15)(H,16,17). The van der Waals surface area contributed by atoms with Crippen LogP contribution in [0.15, 0.2) is 18.2 Å². The van der Waals surface area contributed by atoms with E-state index in [1.165, 1.54) is 0 Å². The van der Waals surface area contributed by atoms with Gasteiger partial charge < -0.3 is 20.5 Å². The fourth-order valence-electron chi connectivity index (χ4n) is 1.84. The molecule has 6 heteroatoms. The van der Waals surface area contributed by atoms with Crippen LogP contribution in [0.1, 0.15) is 18.5 Å². The normalized spacial score (nSPS) is 19.4. The van der Waals surface area contributed by atoms with Crippen LogP contribution in [-0.2, 0) is 9.59 Å². The largest absolute Gasteiger partial charge is 0.480 e. The summed E-state index contributed by atoms with van der Waals surface area (Å²) in [7, 11) is 1.56. The van der Waals surface area contributed by atoms with Crippen LogP contribution < -0.4 is 15.4 Å². The van der Waals surface area contributed by atoms with Gasteiger partial charge in [-0.3, -0.25) is 9.59 Å². The Balaban J connectivity index is 2.35. The lowest BCUT2D eigenvalue weighted by molar-refractivity contribution is -0.139. The van der Waals surface area contributed by atoms with Crippen LogP contribution in [0.3, 0.4) is 0 Å². The average Bonchev–Trinajstić information content (AvgIpc) is 2.31. The van der Waals surface area contributed by atoms with Crippen molar-refractivity contribution in [2.45, 2.75) is 19.1 Å². The predicted octanol–water partition coefficient (Wildman–Crippen LogP) is 0.751. The van der Waals surface area contributed by atoms with Crippen LogP contribution in [0.2, 0.25) is 0 Å². The Labute approximate surface area is 104 Å². The minimum Gasteiger partial charge on any atom is -0.480 e. The number of amides is 1. The Bertz CT molecular complexity index is 501. The zero-order valence-electron chi connectivity index (χ0n) is 10.1. The quantitative estimate of drug-likeness (QED) is 0.736. The number of carboxylic acids is 1. The molecule has 0 fully saturated rings. The highest BCUT2D eigenvalue weighted by Crippen LogP contribution is 2.32. The third-order valence-corrected chi connectivity index (χ3v) is 2.80. The zero-order valence-corrected chi connectivity index (χ0v) is 10.1. The zero-order chi connectivity index (χ0) is 13.3. The molecule has 1 heterocycles. The third-order valence-electron chi connectivity index (χ3n) is 2.80. The summed E-state index contributed by atoms with van der Waals surface area (Å²) >= 11 is 0. The summed E-state index contributed by atoms with van der Waals surface area (Å²) < 4.78 is 5.39. The molecule has 0 aliphatic carbocycles. The van der Waals surface area contributed by atoms with Gasteiger partial charge in [-0.25, -0.2) is 0 Å². The molecular formula is C12H14N2O4. The first-order chi connectivity index (χ1) is 8.52. The van der Waals surface area contributed by atoms with Crippen molar-refractivity contribution < 1.29 is 19.4 Å². The SMILES string of the molecule is CNC(C(=O)O)c1ccc2c(c1)NC(=O)C(C)O2. The topological polar surface area (TPSA) is 87.7 Å². The van der Waals surface area contributed by atoms with Crippen molar-refractivity contribution >= 4 is 17.6 Å². The minimum atomic E-state index is -0.978. The molecule has 96 valence electrons. The van der Waals surface area contributed by atoms with E-state index in [-0.39, 0.29) is 5.91 Å². The Morgan fingerprint density at radius 3 is 2.89 bits per heavy atom. The molecular weight excluding hydrogens is 236 g/mol. The highest BCUT2D eigenvalue weighted by atomic mass is 16.5. The lowest BCUT2D eigenvalue weighted by Gasteiger charge is -2.24. The van der Waals surface area contributed by atoms with E-state index in [1.807, 2.05) is 0 Å². The average molecular weight is 250 g/mol. The highest BCUT2D eigenvalue weighted by molar-refractivity contribution is 5.97. The van der Waals surface area contributed by atoms with Crippen molar-refractivity contribution in [3.05, 3.63) is 23.8 Å². The fraction of sp³-hybridized carbons (Fsp3) is 0.333. The summed E-state index contributed by atoms with van der Waals surface area (Å²) in [6.45, 7) is 1.65. The van der Waals surface area contributed by atoms with Crippen molar-refractivity contribution in [3.63, 3.8) is 0 Å². The number of aliphatic carboxylic acids is 1. The molecule has 6 nitrogen and oxygen atoms in total. The molecule has 0 saturated heterocycles. The van der Waals surface area contributed by atoms with Gasteiger partial charge in [0.1, 0.15) is 11.8 Å². The second-order valence-corrected chi connectivity index (χ2v) is 4.06. The molecule has 1 aliphatic heterocycles. The van der Waals surface area contributed by atoms with Crippen molar-refractivity contribution in [2.24, 2.45) is 0 Å². The van der Waals surface area contributed by atoms with Gasteiger partial charge in [-0.05, 0) is 31.7 Å². The van der Waals surface area contributed by atoms with Gasteiger partial charge in [0.15, 0.2) is 6.10 Å². The lowest BCUT2D eigenvalue weighted by Crippen LogP contribution is -2.34. The molecule has 1 aromatic rings. The van der Waals surface area contributed by atoms with E-state index >= 15 is 0 Å². The predicted molar refractivity (Wildman–Crippen MR) is 64.6 cm³/mol. The summed E-state index contributed by atoms with van der Waals surface area (Å²) in [4.78, 5) is 22.5. The van der Waals surface area contributed by atoms with Gasteiger partial charge in [0, 0.05) is 0 Å². The minimum absolute atomic E-state index is 0.240. The number of rotatable bonds is 3. The summed E-state index contributed by atoms with van der Waals surface area (Å²) in [6.07, 6.45) is -0.539. The molecule has 2 unspecified atom stereocenters. The molecule has 1 amide bonds. The number of carbonyl (C=O) groups is 2. The molecule has 1 aliphatic rings. The molecule has 1 aromatic carbocycles. The van der Waals surface area contributed by atoms with Crippen molar-refractivity contribution in [3.8, 4) is 5.75 Å². The van der Waals surface area contributed by atoms with Gasteiger partial charge in [-0.1, -0.05) is 6.07 Å². The summed E-state index contributed by atoms with van der Waals surface area (Å²) in [5.41, 5.74) is 1.05. The van der Waals surface area contributed by atoms with Crippen LogP contribution in [0.25, 0.3) is 0 Å². The molecule has 2 rings (SSSR count). The van der Waals surface area contributed by atoms with E-state index in [0.29, 0.717) is 17.0 Å². The maximum atomic E-state index is 11.5. The number of carboxylic acid groups (broad SMARTS) is 1. The van der Waals surface area contributed by atoms with Gasteiger partial charge in [0.25, 0.3) is 5.91 Å². The van der Waals surface area contributed by atoms with Crippen molar-refractivity contribution in [1.82, 2.24) is 5.32 Å². The summed E-state index contributed by atoms with van der Waals surface area (Å²) in [6, 6.07) is 4.12. The van der Waals surface area contributed by atoms with E-state index in [9.17, 15) is 9.59 Å². The first-order valence-corrected chi connectivity index (χ1v) is 5.54. The fourth-order valence-corrected chi connectivity index (χ4v) is 1.84. The molecule has 0 bridgehead atoms. The molecule has 3 N–H and O–H groups in total. The van der Waals surface area contributed by atoms with Gasteiger partial charge >= 0.3 is 5.97 Å². The lowest BCUT2D eigenvalue weighted by atomic mass is 10.1. The number of anilines is 1. The first-order valence-electron chi connectivity index (χ1n) is 5.54. The number of hydrogen-bond donors (Lipinski definition) is 3. The van der Waals surface area contributed by atoms with Crippen LogP contribution in [0, 0.1) is 0 Å².